The number of ether oxygens (including phenoxy) is 2. The van der Waals surface area contributed by atoms with Gasteiger partial charge in [-0.1, -0.05) is 6.07 Å². The molecule has 1 fully saturated rings. The fourth-order valence-electron chi connectivity index (χ4n) is 2.45. The Morgan fingerprint density at radius 2 is 2.35 bits per heavy atom. The third kappa shape index (κ3) is 4.53. The number of rotatable bonds is 6. The maximum atomic E-state index is 13.5. The molecule has 1 amide bonds. The molecule has 3 rings (SSSR count). The van der Waals surface area contributed by atoms with Gasteiger partial charge in [0.2, 0.25) is 5.91 Å². The Labute approximate surface area is 138 Å². The molecule has 4 nitrogen and oxygen atoms in total. The third-order valence-electron chi connectivity index (χ3n) is 3.58. The van der Waals surface area contributed by atoms with Gasteiger partial charge < -0.3 is 14.8 Å². The number of anilines is 1. The summed E-state index contributed by atoms with van der Waals surface area (Å²) < 4.78 is 24.7. The smallest absolute Gasteiger partial charge is 0.229 e. The van der Waals surface area contributed by atoms with Crippen LogP contribution < -0.4 is 10.1 Å². The van der Waals surface area contributed by atoms with Crippen LogP contribution >= 0.6 is 11.3 Å². The number of thiophene rings is 1. The van der Waals surface area contributed by atoms with Crippen molar-refractivity contribution in [3.63, 3.8) is 0 Å². The summed E-state index contributed by atoms with van der Waals surface area (Å²) >= 11 is 1.51. The molecule has 0 radical (unpaired) electrons. The summed E-state index contributed by atoms with van der Waals surface area (Å²) in [6, 6.07) is 7.91. The summed E-state index contributed by atoms with van der Waals surface area (Å²) in [6.45, 7) is 1.15. The van der Waals surface area contributed by atoms with Gasteiger partial charge in [0.15, 0.2) is 0 Å². The third-order valence-corrected chi connectivity index (χ3v) is 4.46. The Bertz CT molecular complexity index is 654. The standard InChI is InChI=1S/C17H18FNO3S/c18-12-5-6-16(22-11-13-3-1-7-21-13)15(9-12)19-17(20)10-14-4-2-8-23-14/h2,4-6,8-9,13H,1,3,7,10-11H2,(H,19,20). The molecule has 0 aliphatic carbocycles. The van der Waals surface area contributed by atoms with Crippen LogP contribution in [-0.4, -0.2) is 25.2 Å². The lowest BCUT2D eigenvalue weighted by atomic mass is 10.2. The van der Waals surface area contributed by atoms with Crippen LogP contribution in [0, 0.1) is 5.82 Å². The second-order valence-electron chi connectivity index (χ2n) is 5.39. The van der Waals surface area contributed by atoms with E-state index >= 15 is 0 Å². The van der Waals surface area contributed by atoms with E-state index in [1.807, 2.05) is 17.5 Å². The molecule has 1 aliphatic rings. The van der Waals surface area contributed by atoms with Gasteiger partial charge in [0.1, 0.15) is 18.2 Å². The molecule has 1 aliphatic heterocycles. The van der Waals surface area contributed by atoms with Crippen LogP contribution in [-0.2, 0) is 16.0 Å². The summed E-state index contributed by atoms with van der Waals surface area (Å²) in [5, 5.41) is 4.64. The Morgan fingerprint density at radius 3 is 3.09 bits per heavy atom. The zero-order valence-corrected chi connectivity index (χ0v) is 13.4. The predicted molar refractivity (Wildman–Crippen MR) is 87.5 cm³/mol. The molecule has 0 saturated carbocycles. The van der Waals surface area contributed by atoms with Crippen LogP contribution in [0.25, 0.3) is 0 Å². The fraction of sp³-hybridized carbons (Fsp3) is 0.353. The Kier molecular flexibility index (Phi) is 5.25. The highest BCUT2D eigenvalue weighted by Gasteiger charge is 2.17. The summed E-state index contributed by atoms with van der Waals surface area (Å²) in [6.07, 6.45) is 2.32. The van der Waals surface area contributed by atoms with Crippen molar-refractivity contribution in [3.05, 3.63) is 46.4 Å². The van der Waals surface area contributed by atoms with Gasteiger partial charge in [0.25, 0.3) is 0 Å². The zero-order valence-electron chi connectivity index (χ0n) is 12.6. The first-order chi connectivity index (χ1) is 11.2. The highest BCUT2D eigenvalue weighted by molar-refractivity contribution is 7.10. The van der Waals surface area contributed by atoms with E-state index in [1.54, 1.807) is 0 Å². The summed E-state index contributed by atoms with van der Waals surface area (Å²) in [5.41, 5.74) is 0.351. The number of hydrogen-bond acceptors (Lipinski definition) is 4. The van der Waals surface area contributed by atoms with Crippen molar-refractivity contribution in [1.82, 2.24) is 0 Å². The van der Waals surface area contributed by atoms with Gasteiger partial charge in [-0.05, 0) is 36.4 Å². The maximum Gasteiger partial charge on any atom is 0.229 e. The van der Waals surface area contributed by atoms with E-state index in [4.69, 9.17) is 9.47 Å². The van der Waals surface area contributed by atoms with Crippen molar-refractivity contribution in [3.8, 4) is 5.75 Å². The van der Waals surface area contributed by atoms with E-state index in [0.717, 1.165) is 24.3 Å². The van der Waals surface area contributed by atoms with E-state index in [2.05, 4.69) is 5.32 Å². The van der Waals surface area contributed by atoms with Crippen molar-refractivity contribution < 1.29 is 18.7 Å². The summed E-state index contributed by atoms with van der Waals surface area (Å²) in [4.78, 5) is 13.1. The molecule has 1 aromatic heterocycles. The van der Waals surface area contributed by atoms with Gasteiger partial charge in [-0.3, -0.25) is 4.79 Å². The molecule has 2 heterocycles. The molecule has 23 heavy (non-hydrogen) atoms. The average Bonchev–Trinajstić information content (AvgIpc) is 3.19. The van der Waals surface area contributed by atoms with Crippen molar-refractivity contribution in [2.24, 2.45) is 0 Å². The minimum Gasteiger partial charge on any atom is -0.489 e. The number of nitrogens with one attached hydrogen (secondary N) is 1. The normalized spacial score (nSPS) is 17.2. The predicted octanol–water partition coefficient (Wildman–Crippen LogP) is 3.63. The SMILES string of the molecule is O=C(Cc1cccs1)Nc1cc(F)ccc1OCC1CCCO1. The zero-order chi connectivity index (χ0) is 16.1. The van der Waals surface area contributed by atoms with Crippen LogP contribution in [0.1, 0.15) is 17.7 Å². The molecule has 0 spiro atoms. The van der Waals surface area contributed by atoms with E-state index in [-0.39, 0.29) is 18.4 Å². The van der Waals surface area contributed by atoms with E-state index in [1.165, 1.54) is 29.5 Å². The minimum absolute atomic E-state index is 0.0646. The lowest BCUT2D eigenvalue weighted by Gasteiger charge is -2.15. The molecular formula is C17H18FNO3S. The van der Waals surface area contributed by atoms with E-state index < -0.39 is 5.82 Å². The maximum absolute atomic E-state index is 13.5. The fourth-order valence-corrected chi connectivity index (χ4v) is 3.15. The number of halogens is 1. The number of hydrogen-bond donors (Lipinski definition) is 1. The van der Waals surface area contributed by atoms with Gasteiger partial charge in [0.05, 0.1) is 18.2 Å². The van der Waals surface area contributed by atoms with Gasteiger partial charge in [0, 0.05) is 17.6 Å². The van der Waals surface area contributed by atoms with Crippen molar-refractivity contribution in [1.29, 1.82) is 0 Å². The number of carbonyl (C=O) groups is 1. The second kappa shape index (κ2) is 7.57. The van der Waals surface area contributed by atoms with Gasteiger partial charge in [-0.2, -0.15) is 0 Å². The first kappa shape index (κ1) is 16.0. The number of carbonyl (C=O) groups excluding carboxylic acids is 1. The molecule has 2 aromatic rings. The first-order valence-corrected chi connectivity index (χ1v) is 8.45. The van der Waals surface area contributed by atoms with Crippen LogP contribution in [0.15, 0.2) is 35.7 Å². The van der Waals surface area contributed by atoms with Crippen molar-refractivity contribution in [2.75, 3.05) is 18.5 Å². The molecular weight excluding hydrogens is 317 g/mol. The number of amides is 1. The molecule has 0 bridgehead atoms. The molecule has 1 N–H and O–H groups in total. The van der Waals surface area contributed by atoms with Crippen LogP contribution in [0.3, 0.4) is 0 Å². The second-order valence-corrected chi connectivity index (χ2v) is 6.42. The molecule has 1 unspecified atom stereocenters. The largest absolute Gasteiger partial charge is 0.489 e. The summed E-state index contributed by atoms with van der Waals surface area (Å²) in [7, 11) is 0. The van der Waals surface area contributed by atoms with Gasteiger partial charge >= 0.3 is 0 Å². The quantitative estimate of drug-likeness (QED) is 0.877. The Morgan fingerprint density at radius 1 is 1.43 bits per heavy atom. The first-order valence-electron chi connectivity index (χ1n) is 7.57. The van der Waals surface area contributed by atoms with Crippen LogP contribution in [0.2, 0.25) is 0 Å². The minimum atomic E-state index is -0.416. The molecule has 6 heteroatoms. The van der Waals surface area contributed by atoms with E-state index in [0.29, 0.717) is 18.0 Å². The van der Waals surface area contributed by atoms with Gasteiger partial charge in [-0.15, -0.1) is 11.3 Å². The van der Waals surface area contributed by atoms with Crippen molar-refractivity contribution >= 4 is 22.9 Å². The Hall–Kier alpha value is -1.92. The van der Waals surface area contributed by atoms with Crippen LogP contribution in [0.5, 0.6) is 5.75 Å². The monoisotopic (exact) mass is 335 g/mol. The average molecular weight is 335 g/mol. The summed E-state index contributed by atoms with van der Waals surface area (Å²) in [5.74, 6) is -0.151. The molecule has 1 aromatic carbocycles. The van der Waals surface area contributed by atoms with Crippen LogP contribution in [0.4, 0.5) is 10.1 Å². The molecule has 1 atom stereocenters. The highest BCUT2D eigenvalue weighted by Crippen LogP contribution is 2.27. The topological polar surface area (TPSA) is 47.6 Å². The lowest BCUT2D eigenvalue weighted by Crippen LogP contribution is -2.18. The highest BCUT2D eigenvalue weighted by atomic mass is 32.1. The lowest BCUT2D eigenvalue weighted by molar-refractivity contribution is -0.115. The van der Waals surface area contributed by atoms with E-state index in [9.17, 15) is 9.18 Å². The van der Waals surface area contributed by atoms with Crippen molar-refractivity contribution in [2.45, 2.75) is 25.4 Å². The molecule has 122 valence electrons. The number of benzene rings is 1. The van der Waals surface area contributed by atoms with Gasteiger partial charge in [-0.25, -0.2) is 4.39 Å². The Balaban J connectivity index is 1.64. The molecule has 1 saturated heterocycles.